The van der Waals surface area contributed by atoms with Crippen LogP contribution in [-0.4, -0.2) is 20.6 Å². The monoisotopic (exact) mass is 529 g/mol. The summed E-state index contributed by atoms with van der Waals surface area (Å²) in [7, 11) is 0. The molecule has 1 aliphatic heterocycles. The Morgan fingerprint density at radius 1 is 1.11 bits per heavy atom. The Morgan fingerprint density at radius 2 is 1.83 bits per heavy atom. The lowest BCUT2D eigenvalue weighted by molar-refractivity contribution is -0.116. The summed E-state index contributed by atoms with van der Waals surface area (Å²) in [5, 5.41) is 4.06. The van der Waals surface area contributed by atoms with Crippen LogP contribution in [0, 0.1) is 0 Å². The van der Waals surface area contributed by atoms with Crippen molar-refractivity contribution in [1.29, 1.82) is 0 Å². The third kappa shape index (κ3) is 4.54. The van der Waals surface area contributed by atoms with E-state index in [0.717, 1.165) is 15.0 Å². The zero-order chi connectivity index (χ0) is 24.9. The van der Waals surface area contributed by atoms with Crippen LogP contribution in [0.4, 0.5) is 5.69 Å². The summed E-state index contributed by atoms with van der Waals surface area (Å²) in [4.78, 5) is 41.7. The van der Waals surface area contributed by atoms with Crippen molar-refractivity contribution < 1.29 is 9.53 Å². The lowest BCUT2D eigenvalue weighted by atomic mass is 9.94. The Labute approximate surface area is 214 Å². The lowest BCUT2D eigenvalue weighted by Crippen LogP contribution is -2.41. The largest absolute Gasteiger partial charge is 0.370 e. The van der Waals surface area contributed by atoms with E-state index in [1.807, 2.05) is 13.8 Å². The van der Waals surface area contributed by atoms with Gasteiger partial charge in [0.15, 0.2) is 0 Å². The number of ether oxygens (including phenoxy) is 1. The fourth-order valence-corrected chi connectivity index (χ4v) is 5.84. The Kier molecular flexibility index (Phi) is 6.09. The molecule has 2 aromatic carbocycles. The van der Waals surface area contributed by atoms with Crippen molar-refractivity contribution in [3.63, 3.8) is 0 Å². The van der Waals surface area contributed by atoms with E-state index in [1.165, 1.54) is 15.9 Å². The third-order valence-electron chi connectivity index (χ3n) is 5.83. The first-order valence-corrected chi connectivity index (χ1v) is 12.5. The minimum absolute atomic E-state index is 0.285. The molecule has 1 N–H and O–H groups in total. The van der Waals surface area contributed by atoms with Gasteiger partial charge in [-0.2, -0.15) is 0 Å². The van der Waals surface area contributed by atoms with Gasteiger partial charge in [0.2, 0.25) is 5.91 Å². The first kappa shape index (κ1) is 23.8. The van der Waals surface area contributed by atoms with E-state index in [0.29, 0.717) is 44.7 Å². The Morgan fingerprint density at radius 3 is 2.54 bits per heavy atom. The molecule has 1 amide bonds. The quantitative estimate of drug-likeness (QED) is 0.402. The second kappa shape index (κ2) is 8.95. The van der Waals surface area contributed by atoms with Gasteiger partial charge in [0, 0.05) is 27.0 Å². The molecule has 0 aliphatic carbocycles. The molecule has 0 bridgehead atoms. The summed E-state index contributed by atoms with van der Waals surface area (Å²) >= 11 is 13.5. The van der Waals surface area contributed by atoms with Crippen molar-refractivity contribution in [3.05, 3.63) is 89.9 Å². The molecule has 180 valence electrons. The molecule has 7 nitrogen and oxygen atoms in total. The normalized spacial score (nSPS) is 14.6. The number of nitrogens with one attached hydrogen (secondary N) is 1. The molecule has 35 heavy (non-hydrogen) atoms. The first-order valence-electron chi connectivity index (χ1n) is 10.9. The van der Waals surface area contributed by atoms with Crippen molar-refractivity contribution in [1.82, 2.24) is 9.13 Å². The number of hydrogen-bond donors (Lipinski definition) is 1. The van der Waals surface area contributed by atoms with E-state index >= 15 is 0 Å². The molecule has 0 saturated heterocycles. The maximum atomic E-state index is 13.7. The van der Waals surface area contributed by atoms with E-state index in [1.54, 1.807) is 48.5 Å². The summed E-state index contributed by atoms with van der Waals surface area (Å²) in [5.74, 6) is -0.421. The fraction of sp³-hybridized carbons (Fsp3) is 0.240. The van der Waals surface area contributed by atoms with Gasteiger partial charge < -0.3 is 10.1 Å². The van der Waals surface area contributed by atoms with Crippen LogP contribution in [-0.2, 0) is 29.1 Å². The number of thiophene rings is 1. The smallest absolute Gasteiger partial charge is 0.337 e. The van der Waals surface area contributed by atoms with Gasteiger partial charge in [0.1, 0.15) is 11.4 Å². The molecule has 10 heteroatoms. The molecule has 5 rings (SSSR count). The number of fused-ring (bicyclic) bond motifs is 3. The minimum atomic E-state index is -0.621. The number of rotatable bonds is 4. The van der Waals surface area contributed by atoms with Gasteiger partial charge in [-0.05, 0) is 55.8 Å². The third-order valence-corrected chi connectivity index (χ3v) is 7.53. The van der Waals surface area contributed by atoms with E-state index in [4.69, 9.17) is 27.9 Å². The molecule has 0 radical (unpaired) electrons. The topological polar surface area (TPSA) is 82.3 Å². The first-order chi connectivity index (χ1) is 16.6. The summed E-state index contributed by atoms with van der Waals surface area (Å²) in [6.07, 6.45) is 0.514. The maximum Gasteiger partial charge on any atom is 0.337 e. The van der Waals surface area contributed by atoms with Crippen molar-refractivity contribution in [2.45, 2.75) is 39.0 Å². The van der Waals surface area contributed by atoms with Crippen LogP contribution in [0.3, 0.4) is 0 Å². The van der Waals surface area contributed by atoms with Crippen LogP contribution in [0.2, 0.25) is 10.0 Å². The number of carbonyl (C=O) groups excluding carboxylic acids is 1. The summed E-state index contributed by atoms with van der Waals surface area (Å²) in [5.41, 5.74) is 0.184. The van der Waals surface area contributed by atoms with Gasteiger partial charge in [0.05, 0.1) is 23.3 Å². The molecule has 0 unspecified atom stereocenters. The Balaban J connectivity index is 1.70. The maximum absolute atomic E-state index is 13.7. The second-order valence-corrected chi connectivity index (χ2v) is 10.9. The number of anilines is 1. The molecule has 0 saturated carbocycles. The number of amides is 1. The van der Waals surface area contributed by atoms with E-state index < -0.39 is 22.8 Å². The molecule has 4 aromatic rings. The molecular weight excluding hydrogens is 509 g/mol. The Bertz CT molecular complexity index is 1600. The second-order valence-electron chi connectivity index (χ2n) is 8.96. The Hall–Kier alpha value is -2.91. The molecular formula is C25H21Cl2N3O4S. The van der Waals surface area contributed by atoms with Crippen molar-refractivity contribution in [3.8, 4) is 5.69 Å². The summed E-state index contributed by atoms with van der Waals surface area (Å²) in [6.45, 7) is 3.97. The van der Waals surface area contributed by atoms with Gasteiger partial charge in [-0.1, -0.05) is 35.3 Å². The number of nitrogens with zero attached hydrogens (tertiary/aromatic N) is 2. The number of aromatic nitrogens is 2. The standard InChI is InChI=1S/C25H21Cl2N3O4S/c1-25(2)11-18-19(13-34-25)35-23-21(18)22(32)30(17-8-4-6-15(27)10-17)24(33)29(23)12-20(31)28-16-7-3-5-14(26)9-16/h3-10H,11-13H2,1-2H3,(H,28,31). The van der Waals surface area contributed by atoms with Crippen LogP contribution in [0.5, 0.6) is 0 Å². The zero-order valence-corrected chi connectivity index (χ0v) is 21.3. The van der Waals surface area contributed by atoms with Crippen LogP contribution < -0.4 is 16.6 Å². The molecule has 1 aliphatic rings. The SMILES string of the molecule is CC1(C)Cc2c(sc3c2c(=O)n(-c2cccc(Cl)c2)c(=O)n3CC(=O)Nc2cccc(Cl)c2)CO1. The van der Waals surface area contributed by atoms with Gasteiger partial charge in [-0.25, -0.2) is 9.36 Å². The molecule has 0 fully saturated rings. The molecule has 2 aromatic heterocycles. The predicted molar refractivity (Wildman–Crippen MR) is 139 cm³/mol. The van der Waals surface area contributed by atoms with Gasteiger partial charge in [-0.3, -0.25) is 14.2 Å². The van der Waals surface area contributed by atoms with E-state index in [9.17, 15) is 14.4 Å². The van der Waals surface area contributed by atoms with E-state index in [2.05, 4.69) is 5.32 Å². The average Bonchev–Trinajstić information content (AvgIpc) is 3.14. The van der Waals surface area contributed by atoms with Crippen molar-refractivity contribution in [2.75, 3.05) is 5.32 Å². The zero-order valence-electron chi connectivity index (χ0n) is 18.9. The fourth-order valence-electron chi connectivity index (χ4n) is 4.25. The number of halogens is 2. The highest BCUT2D eigenvalue weighted by atomic mass is 35.5. The van der Waals surface area contributed by atoms with Gasteiger partial charge in [-0.15, -0.1) is 11.3 Å². The highest BCUT2D eigenvalue weighted by Crippen LogP contribution is 2.37. The summed E-state index contributed by atoms with van der Waals surface area (Å²) in [6, 6.07) is 13.3. The molecule has 0 atom stereocenters. The number of hydrogen-bond acceptors (Lipinski definition) is 5. The van der Waals surface area contributed by atoms with Crippen LogP contribution in [0.25, 0.3) is 15.9 Å². The van der Waals surface area contributed by atoms with Gasteiger partial charge >= 0.3 is 5.69 Å². The lowest BCUT2D eigenvalue weighted by Gasteiger charge is -2.29. The van der Waals surface area contributed by atoms with Crippen LogP contribution in [0.1, 0.15) is 24.3 Å². The minimum Gasteiger partial charge on any atom is -0.370 e. The summed E-state index contributed by atoms with van der Waals surface area (Å²) < 4.78 is 8.36. The number of carbonyl (C=O) groups is 1. The van der Waals surface area contributed by atoms with Gasteiger partial charge in [0.25, 0.3) is 5.56 Å². The number of benzene rings is 2. The van der Waals surface area contributed by atoms with Crippen molar-refractivity contribution in [2.24, 2.45) is 0 Å². The van der Waals surface area contributed by atoms with E-state index in [-0.39, 0.29) is 6.54 Å². The van der Waals surface area contributed by atoms with Crippen molar-refractivity contribution >= 4 is 56.3 Å². The highest BCUT2D eigenvalue weighted by Gasteiger charge is 2.32. The highest BCUT2D eigenvalue weighted by molar-refractivity contribution is 7.18. The van der Waals surface area contributed by atoms with Crippen LogP contribution >= 0.6 is 34.5 Å². The molecule has 0 spiro atoms. The van der Waals surface area contributed by atoms with Crippen LogP contribution in [0.15, 0.2) is 58.1 Å². The predicted octanol–water partition coefficient (Wildman–Crippen LogP) is 5.01. The average molecular weight is 530 g/mol. The molecule has 3 heterocycles.